The summed E-state index contributed by atoms with van der Waals surface area (Å²) < 4.78 is 19.4. The second-order valence-corrected chi connectivity index (χ2v) is 13.8. The summed E-state index contributed by atoms with van der Waals surface area (Å²) in [6, 6.07) is 0. The van der Waals surface area contributed by atoms with Gasteiger partial charge in [0.05, 0.1) is 11.2 Å². The average Bonchev–Trinajstić information content (AvgIpc) is 2.78. The fourth-order valence-corrected chi connectivity index (χ4v) is 4.43. The van der Waals surface area contributed by atoms with Crippen LogP contribution in [-0.2, 0) is 14.0 Å². The van der Waals surface area contributed by atoms with Crippen LogP contribution in [0.5, 0.6) is 0 Å². The Balaban J connectivity index is 2.18. The Labute approximate surface area is 189 Å². The highest BCUT2D eigenvalue weighted by atomic mass is 16.7. The summed E-state index contributed by atoms with van der Waals surface area (Å²) in [5, 5.41) is 0. The molecule has 173 valence electrons. The third kappa shape index (κ3) is 5.67. The van der Waals surface area contributed by atoms with Crippen LogP contribution in [0.3, 0.4) is 0 Å². The minimum atomic E-state index is -0.274. The van der Waals surface area contributed by atoms with Crippen LogP contribution in [0.15, 0.2) is 0 Å². The van der Waals surface area contributed by atoms with Gasteiger partial charge in [-0.1, -0.05) is 61.3 Å². The van der Waals surface area contributed by atoms with Gasteiger partial charge >= 0.3 is 7.12 Å². The van der Waals surface area contributed by atoms with Crippen LogP contribution < -0.4 is 0 Å². The van der Waals surface area contributed by atoms with Crippen LogP contribution in [0.4, 0.5) is 0 Å². The molecule has 2 fully saturated rings. The molecule has 0 aromatic carbocycles. The lowest BCUT2D eigenvalue weighted by atomic mass is 9.51. The van der Waals surface area contributed by atoms with Crippen molar-refractivity contribution in [3.63, 3.8) is 0 Å². The van der Waals surface area contributed by atoms with E-state index < -0.39 is 0 Å². The Morgan fingerprint density at radius 2 is 1.37 bits per heavy atom. The zero-order valence-corrected chi connectivity index (χ0v) is 22.3. The molecule has 2 aliphatic rings. The number of hydrogen-bond acceptors (Lipinski definition) is 3. The van der Waals surface area contributed by atoms with Gasteiger partial charge in [-0.05, 0) is 82.3 Å². The van der Waals surface area contributed by atoms with Gasteiger partial charge in [0.25, 0.3) is 7.48 Å². The first kappa shape index (κ1) is 26.3. The highest BCUT2D eigenvalue weighted by molar-refractivity contribution is 6.47. The van der Waals surface area contributed by atoms with E-state index in [0.717, 1.165) is 6.42 Å². The Morgan fingerprint density at radius 1 is 0.867 bits per heavy atom. The normalized spacial score (nSPS) is 31.0. The van der Waals surface area contributed by atoms with Gasteiger partial charge in [0.15, 0.2) is 0 Å². The summed E-state index contributed by atoms with van der Waals surface area (Å²) in [5.41, 5.74) is -0.371. The fraction of sp³-hybridized carbons (Fsp3) is 1.00. The molecule has 30 heavy (non-hydrogen) atoms. The third-order valence-electron chi connectivity index (χ3n) is 8.91. The van der Waals surface area contributed by atoms with Crippen molar-refractivity contribution < 1.29 is 14.0 Å². The fourth-order valence-electron chi connectivity index (χ4n) is 4.43. The monoisotopic (exact) mass is 419 g/mol. The van der Waals surface area contributed by atoms with Gasteiger partial charge in [-0.25, -0.2) is 0 Å². The molecule has 0 bridgehead atoms. The van der Waals surface area contributed by atoms with Gasteiger partial charge in [0, 0.05) is 5.60 Å². The zero-order valence-electron chi connectivity index (χ0n) is 22.3. The molecule has 0 spiro atoms. The van der Waals surface area contributed by atoms with Crippen LogP contribution in [0.1, 0.15) is 109 Å². The number of rotatable bonds is 5. The summed E-state index contributed by atoms with van der Waals surface area (Å²) in [5.74, 6) is 2.11. The first-order valence-corrected chi connectivity index (χ1v) is 12.1. The van der Waals surface area contributed by atoms with E-state index in [2.05, 4.69) is 97.5 Å². The largest absolute Gasteiger partial charge is 0.461 e. The summed E-state index contributed by atoms with van der Waals surface area (Å²) in [7, 11) is 2.03. The molecule has 1 saturated carbocycles. The second kappa shape index (κ2) is 8.41. The minimum absolute atomic E-state index is 0.0847. The Morgan fingerprint density at radius 3 is 1.80 bits per heavy atom. The van der Waals surface area contributed by atoms with Crippen molar-refractivity contribution in [1.29, 1.82) is 0 Å². The molecule has 3 nitrogen and oxygen atoms in total. The van der Waals surface area contributed by atoms with E-state index in [1.807, 2.05) is 0 Å². The zero-order chi connectivity index (χ0) is 23.3. The lowest BCUT2D eigenvalue weighted by Crippen LogP contribution is -2.42. The predicted molar refractivity (Wildman–Crippen MR) is 130 cm³/mol. The molecule has 0 N–H and O–H groups in total. The summed E-state index contributed by atoms with van der Waals surface area (Å²) in [6.07, 6.45) is 3.43. The van der Waals surface area contributed by atoms with Crippen LogP contribution in [0.25, 0.3) is 0 Å². The van der Waals surface area contributed by atoms with E-state index in [1.165, 1.54) is 12.8 Å². The van der Waals surface area contributed by atoms with Crippen LogP contribution in [0, 0.1) is 22.7 Å². The van der Waals surface area contributed by atoms with E-state index in [4.69, 9.17) is 14.0 Å². The molecule has 1 saturated heterocycles. The van der Waals surface area contributed by atoms with E-state index in [1.54, 1.807) is 0 Å². The molecule has 0 aromatic rings. The Hall–Kier alpha value is 0.00987. The molecule has 5 heteroatoms. The third-order valence-corrected chi connectivity index (χ3v) is 8.91. The molecule has 1 aliphatic heterocycles. The van der Waals surface area contributed by atoms with Crippen molar-refractivity contribution in [2.75, 3.05) is 0 Å². The van der Waals surface area contributed by atoms with E-state index in [9.17, 15) is 0 Å². The molecule has 1 radical (unpaired) electrons. The van der Waals surface area contributed by atoms with E-state index in [0.29, 0.717) is 28.9 Å². The standard InChI is InChI=1S/C25H49B2O3/c1-17(21(2,3)4)18-14-19(26-28-23(8,9)22(5,6)7)16-20(15-18)27-29-24(10,11)25(12,13)30-27/h17-20H,14-16H2,1-13H3/t17?,18-,19+,20?/m0/s1. The van der Waals surface area contributed by atoms with Gasteiger partial charge < -0.3 is 14.0 Å². The highest BCUT2D eigenvalue weighted by Crippen LogP contribution is 2.51. The lowest BCUT2D eigenvalue weighted by Gasteiger charge is -2.44. The summed E-state index contributed by atoms with van der Waals surface area (Å²) in [4.78, 5) is 0. The van der Waals surface area contributed by atoms with Gasteiger partial charge in [-0.15, -0.1) is 0 Å². The molecule has 1 heterocycles. The van der Waals surface area contributed by atoms with Crippen LogP contribution in [0.2, 0.25) is 11.6 Å². The maximum absolute atomic E-state index is 6.49. The topological polar surface area (TPSA) is 27.7 Å². The minimum Gasteiger partial charge on any atom is -0.435 e. The summed E-state index contributed by atoms with van der Waals surface area (Å²) in [6.45, 7) is 29.3. The molecular formula is C25H49B2O3. The average molecular weight is 419 g/mol. The molecule has 1 aliphatic carbocycles. The van der Waals surface area contributed by atoms with Gasteiger partial charge in [0.1, 0.15) is 0 Å². The van der Waals surface area contributed by atoms with Gasteiger partial charge in [-0.3, -0.25) is 0 Å². The van der Waals surface area contributed by atoms with E-state index >= 15 is 0 Å². The van der Waals surface area contributed by atoms with Crippen molar-refractivity contribution in [2.45, 2.75) is 138 Å². The number of hydrogen-bond donors (Lipinski definition) is 0. The van der Waals surface area contributed by atoms with Crippen molar-refractivity contribution in [2.24, 2.45) is 22.7 Å². The summed E-state index contributed by atoms with van der Waals surface area (Å²) >= 11 is 0. The first-order chi connectivity index (χ1) is 13.3. The Bertz CT molecular complexity index is 570. The Kier molecular flexibility index (Phi) is 7.37. The van der Waals surface area contributed by atoms with E-state index in [-0.39, 0.29) is 29.3 Å². The molecule has 2 unspecified atom stereocenters. The molecule has 4 atom stereocenters. The smallest absolute Gasteiger partial charge is 0.435 e. The molecular weight excluding hydrogens is 370 g/mol. The predicted octanol–water partition coefficient (Wildman–Crippen LogP) is 7.18. The molecule has 0 amide bonds. The van der Waals surface area contributed by atoms with Crippen LogP contribution >= 0.6 is 0 Å². The van der Waals surface area contributed by atoms with Crippen molar-refractivity contribution in [1.82, 2.24) is 0 Å². The quantitative estimate of drug-likeness (QED) is 0.442. The van der Waals surface area contributed by atoms with Gasteiger partial charge in [0.2, 0.25) is 0 Å². The second-order valence-electron chi connectivity index (χ2n) is 13.8. The van der Waals surface area contributed by atoms with Crippen LogP contribution in [-0.4, -0.2) is 31.4 Å². The first-order valence-electron chi connectivity index (χ1n) is 12.1. The van der Waals surface area contributed by atoms with Gasteiger partial charge in [-0.2, -0.15) is 0 Å². The maximum Gasteiger partial charge on any atom is 0.461 e. The molecule has 0 aromatic heterocycles. The highest BCUT2D eigenvalue weighted by Gasteiger charge is 2.55. The SMILES string of the molecule is CC([C@@H]1CC(B2OC(C)(C)C(C)(C)O2)C[C@H]([B]OC(C)(C)C(C)(C)C)C1)C(C)(C)C. The maximum atomic E-state index is 6.49. The molecule has 2 rings (SSSR count). The lowest BCUT2D eigenvalue weighted by molar-refractivity contribution is -0.000173. The van der Waals surface area contributed by atoms with Crippen molar-refractivity contribution in [3.05, 3.63) is 0 Å². The van der Waals surface area contributed by atoms with Crippen molar-refractivity contribution in [3.8, 4) is 0 Å². The van der Waals surface area contributed by atoms with Crippen molar-refractivity contribution >= 4 is 14.6 Å².